The number of nitrogens with zero attached hydrogens (tertiary/aromatic N) is 5. The van der Waals surface area contributed by atoms with Gasteiger partial charge in [0, 0.05) is 20.3 Å². The minimum Gasteiger partial charge on any atom is -0.471 e. The lowest BCUT2D eigenvalue weighted by Crippen LogP contribution is -2.44. The quantitative estimate of drug-likeness (QED) is 0.210. The number of allylic oxidation sites excluding steroid dienone is 1. The first-order valence-electron chi connectivity index (χ1n) is 13.3. The number of ether oxygens (including phenoxy) is 2. The predicted molar refractivity (Wildman–Crippen MR) is 157 cm³/mol. The van der Waals surface area contributed by atoms with Gasteiger partial charge in [0.2, 0.25) is 17.7 Å². The predicted octanol–water partition coefficient (Wildman–Crippen LogP) is 2.23. The molecule has 1 unspecified atom stereocenters. The Hall–Kier alpha value is -5.53. The number of rotatable bonds is 12. The van der Waals surface area contributed by atoms with Crippen molar-refractivity contribution in [3.63, 3.8) is 0 Å². The number of H-pyrrole nitrogens is 1. The second kappa shape index (κ2) is 14.4. The van der Waals surface area contributed by atoms with Crippen LogP contribution in [-0.4, -0.2) is 74.6 Å². The van der Waals surface area contributed by atoms with E-state index in [0.29, 0.717) is 35.9 Å². The highest BCUT2D eigenvalue weighted by Gasteiger charge is 2.22. The van der Waals surface area contributed by atoms with E-state index in [2.05, 4.69) is 35.3 Å². The summed E-state index contributed by atoms with van der Waals surface area (Å²) in [5.74, 6) is -0.0769. The lowest BCUT2D eigenvalue weighted by atomic mass is 10.1. The van der Waals surface area contributed by atoms with E-state index < -0.39 is 23.6 Å². The Morgan fingerprint density at radius 3 is 2.65 bits per heavy atom. The van der Waals surface area contributed by atoms with Crippen molar-refractivity contribution in [2.45, 2.75) is 32.0 Å². The molecular formula is C29H32N8O6. The fourth-order valence-corrected chi connectivity index (χ4v) is 3.97. The number of methoxy groups -OCH3 is 1. The first-order chi connectivity index (χ1) is 20.7. The highest BCUT2D eigenvalue weighted by atomic mass is 16.5. The van der Waals surface area contributed by atoms with Crippen LogP contribution >= 0.6 is 0 Å². The van der Waals surface area contributed by atoms with E-state index in [1.165, 1.54) is 35.0 Å². The molecule has 3 N–H and O–H groups in total. The molecule has 3 aromatic heterocycles. The fourth-order valence-electron chi connectivity index (χ4n) is 3.97. The molecule has 3 heterocycles. The van der Waals surface area contributed by atoms with Gasteiger partial charge in [0.1, 0.15) is 36.0 Å². The van der Waals surface area contributed by atoms with Crippen LogP contribution in [0.5, 0.6) is 5.88 Å². The van der Waals surface area contributed by atoms with Gasteiger partial charge in [-0.1, -0.05) is 36.4 Å². The maximum atomic E-state index is 13.2. The molecule has 0 aliphatic rings. The maximum Gasteiger partial charge on any atom is 0.407 e. The Balaban J connectivity index is 1.46. The van der Waals surface area contributed by atoms with E-state index in [0.717, 1.165) is 5.56 Å². The monoisotopic (exact) mass is 588 g/mol. The number of aromatic amines is 1. The summed E-state index contributed by atoms with van der Waals surface area (Å²) in [7, 11) is 4.42. The van der Waals surface area contributed by atoms with Gasteiger partial charge in [0.05, 0.1) is 13.7 Å². The maximum absolute atomic E-state index is 13.2. The van der Waals surface area contributed by atoms with Crippen LogP contribution < -0.4 is 20.9 Å². The molecule has 4 aromatic rings. The average Bonchev–Trinajstić information content (AvgIpc) is 3.43. The molecule has 14 nitrogen and oxygen atoms in total. The van der Waals surface area contributed by atoms with Crippen LogP contribution in [0.2, 0.25) is 0 Å². The number of hydrogen-bond donors (Lipinski definition) is 3. The minimum atomic E-state index is -1.03. The molecule has 0 aliphatic heterocycles. The van der Waals surface area contributed by atoms with Crippen LogP contribution in [0.1, 0.15) is 24.2 Å². The Morgan fingerprint density at radius 2 is 1.91 bits per heavy atom. The summed E-state index contributed by atoms with van der Waals surface area (Å²) < 4.78 is 11.9. The van der Waals surface area contributed by atoms with E-state index in [-0.39, 0.29) is 24.6 Å². The van der Waals surface area contributed by atoms with Crippen molar-refractivity contribution in [3.8, 4) is 5.88 Å². The number of fused-ring (bicyclic) bond motifs is 1. The largest absolute Gasteiger partial charge is 0.471 e. The minimum absolute atomic E-state index is 0.00489. The van der Waals surface area contributed by atoms with Crippen molar-refractivity contribution in [1.82, 2.24) is 34.7 Å². The van der Waals surface area contributed by atoms with Gasteiger partial charge in [-0.3, -0.25) is 14.4 Å². The number of carbonyl (C=O) groups is 3. The van der Waals surface area contributed by atoms with Crippen molar-refractivity contribution in [2.75, 3.05) is 26.5 Å². The summed E-state index contributed by atoms with van der Waals surface area (Å²) >= 11 is 0. The molecule has 1 atom stereocenters. The third-order valence-corrected chi connectivity index (χ3v) is 6.24. The van der Waals surface area contributed by atoms with Crippen molar-refractivity contribution in [1.29, 1.82) is 0 Å². The Labute approximate surface area is 246 Å². The number of benzene rings is 1. The van der Waals surface area contributed by atoms with Gasteiger partial charge < -0.3 is 34.6 Å². The van der Waals surface area contributed by atoms with E-state index in [4.69, 9.17) is 4.74 Å². The molecule has 0 radical (unpaired) electrons. The summed E-state index contributed by atoms with van der Waals surface area (Å²) in [5.41, 5.74) is 1.36. The summed E-state index contributed by atoms with van der Waals surface area (Å²) in [4.78, 5) is 67.3. The molecule has 0 saturated carbocycles. The first kappa shape index (κ1) is 30.4. The summed E-state index contributed by atoms with van der Waals surface area (Å²) in [6.45, 7) is 0.352. The molecule has 4 rings (SSSR count). The van der Waals surface area contributed by atoms with Crippen molar-refractivity contribution >= 4 is 34.8 Å². The van der Waals surface area contributed by atoms with Gasteiger partial charge in [-0.2, -0.15) is 4.98 Å². The average molecular weight is 589 g/mol. The normalized spacial score (nSPS) is 11.7. The molecule has 14 heteroatoms. The number of nitrogens with one attached hydrogen (secondary N) is 3. The van der Waals surface area contributed by atoms with Gasteiger partial charge in [-0.15, -0.1) is 0 Å². The highest BCUT2D eigenvalue weighted by Crippen LogP contribution is 2.20. The third kappa shape index (κ3) is 8.25. The second-order valence-corrected chi connectivity index (χ2v) is 9.58. The zero-order valence-electron chi connectivity index (χ0n) is 23.9. The van der Waals surface area contributed by atoms with E-state index in [9.17, 15) is 19.2 Å². The smallest absolute Gasteiger partial charge is 0.407 e. The number of pyridine rings is 1. The van der Waals surface area contributed by atoms with Gasteiger partial charge in [-0.25, -0.2) is 14.8 Å². The number of alkyl carbamates (subject to hydrolysis) is 1. The molecule has 0 aliphatic carbocycles. The Kier molecular flexibility index (Phi) is 10.2. The number of amides is 3. The standard InChI is InChI=1S/C29H32N8O6/c1-36(2)23(38)14-8-7-12-20(33-29(41)42-3)26(39)32-21-13-9-15-37(28(21)40)16-22-34-24-25(35-22)30-18-31-27(24)43-17-19-10-5-4-6-11-19/h4-6,8-11,13-15,18,20H,7,12,16-17H2,1-3H3,(H,32,39)(H,33,41)(H,30,31,34,35)/b14-8+. The van der Waals surface area contributed by atoms with Crippen molar-refractivity contribution < 1.29 is 23.9 Å². The molecule has 43 heavy (non-hydrogen) atoms. The van der Waals surface area contributed by atoms with Crippen LogP contribution in [0.4, 0.5) is 10.5 Å². The summed E-state index contributed by atoms with van der Waals surface area (Å²) in [6, 6.07) is 11.7. The molecule has 1 aromatic carbocycles. The van der Waals surface area contributed by atoms with Gasteiger partial charge in [-0.05, 0) is 36.6 Å². The Morgan fingerprint density at radius 1 is 1.12 bits per heavy atom. The van der Waals surface area contributed by atoms with E-state index in [1.54, 1.807) is 32.4 Å². The number of carbonyl (C=O) groups excluding carboxylic acids is 3. The summed E-state index contributed by atoms with van der Waals surface area (Å²) in [5, 5.41) is 5.05. The molecule has 0 spiro atoms. The van der Waals surface area contributed by atoms with E-state index in [1.807, 2.05) is 30.3 Å². The van der Waals surface area contributed by atoms with E-state index >= 15 is 0 Å². The van der Waals surface area contributed by atoms with Gasteiger partial charge in [0.15, 0.2) is 5.65 Å². The molecule has 3 amide bonds. The van der Waals surface area contributed by atoms with Crippen LogP contribution in [0.3, 0.4) is 0 Å². The number of imidazole rings is 1. The summed E-state index contributed by atoms with van der Waals surface area (Å²) in [6.07, 6.45) is 5.56. The van der Waals surface area contributed by atoms with Crippen LogP contribution in [-0.2, 0) is 27.5 Å². The number of anilines is 1. The zero-order valence-corrected chi connectivity index (χ0v) is 23.9. The lowest BCUT2D eigenvalue weighted by Gasteiger charge is -2.17. The zero-order chi connectivity index (χ0) is 30.8. The second-order valence-electron chi connectivity index (χ2n) is 9.58. The van der Waals surface area contributed by atoms with Crippen molar-refractivity contribution in [3.05, 3.63) is 88.9 Å². The molecule has 0 fully saturated rings. The SMILES string of the molecule is COC(=O)NC(CC/C=C/C(=O)N(C)C)C(=O)Nc1cccn(Cc2nc3ncnc(OCc4ccccc4)c3[nH]2)c1=O. The Bertz CT molecular complexity index is 1660. The molecular weight excluding hydrogens is 556 g/mol. The van der Waals surface area contributed by atoms with Crippen LogP contribution in [0.15, 0.2) is 71.9 Å². The van der Waals surface area contributed by atoms with Crippen LogP contribution in [0.25, 0.3) is 11.2 Å². The highest BCUT2D eigenvalue weighted by molar-refractivity contribution is 5.96. The van der Waals surface area contributed by atoms with Gasteiger partial charge in [0.25, 0.3) is 5.56 Å². The number of hydrogen-bond acceptors (Lipinski definition) is 9. The van der Waals surface area contributed by atoms with Crippen molar-refractivity contribution in [2.24, 2.45) is 0 Å². The number of likely N-dealkylation sites (N-methyl/N-ethyl adjacent to an activating group) is 1. The fraction of sp³-hybridized carbons (Fsp3) is 0.276. The number of aromatic nitrogens is 5. The lowest BCUT2D eigenvalue weighted by molar-refractivity contribution is -0.123. The third-order valence-electron chi connectivity index (χ3n) is 6.24. The van der Waals surface area contributed by atoms with Gasteiger partial charge >= 0.3 is 6.09 Å². The molecule has 0 bridgehead atoms. The first-order valence-corrected chi connectivity index (χ1v) is 13.3. The molecule has 0 saturated heterocycles. The van der Waals surface area contributed by atoms with Crippen LogP contribution in [0, 0.1) is 0 Å². The topological polar surface area (TPSA) is 173 Å². The molecule has 224 valence electrons.